The molecule has 1 nitrogen and oxygen atoms in total. The van der Waals surface area contributed by atoms with E-state index in [1.807, 2.05) is 0 Å². The fourth-order valence-corrected chi connectivity index (χ4v) is 3.49. The first-order valence-electron chi connectivity index (χ1n) is 7.23. The highest BCUT2D eigenvalue weighted by Crippen LogP contribution is 2.40. The second-order valence-electron chi connectivity index (χ2n) is 6.14. The number of nitrogens with two attached hydrogens (primary N) is 1. The highest BCUT2D eigenvalue weighted by molar-refractivity contribution is 5.12. The van der Waals surface area contributed by atoms with Crippen molar-refractivity contribution in [3.05, 3.63) is 23.3 Å². The van der Waals surface area contributed by atoms with Crippen molar-refractivity contribution in [1.29, 1.82) is 0 Å². The molecule has 2 unspecified atom stereocenters. The molecule has 96 valence electrons. The van der Waals surface area contributed by atoms with E-state index >= 15 is 0 Å². The summed E-state index contributed by atoms with van der Waals surface area (Å²) in [5.74, 6) is 1.68. The fraction of sp³-hybridized carbons (Fsp3) is 0.750. The van der Waals surface area contributed by atoms with Crippen LogP contribution in [0.5, 0.6) is 0 Å². The molecule has 0 aromatic heterocycles. The number of hydrogen-bond acceptors (Lipinski definition) is 1. The molecule has 0 heterocycles. The molecule has 0 spiro atoms. The Morgan fingerprint density at radius 2 is 2.24 bits per heavy atom. The second kappa shape index (κ2) is 5.86. The first-order chi connectivity index (χ1) is 8.16. The summed E-state index contributed by atoms with van der Waals surface area (Å²) in [6.07, 6.45) is 13.9. The van der Waals surface area contributed by atoms with Crippen LogP contribution in [0.3, 0.4) is 0 Å². The van der Waals surface area contributed by atoms with Gasteiger partial charge in [-0.25, -0.2) is 0 Å². The Morgan fingerprint density at radius 1 is 1.41 bits per heavy atom. The minimum Gasteiger partial charge on any atom is -0.327 e. The van der Waals surface area contributed by atoms with E-state index < -0.39 is 0 Å². The van der Waals surface area contributed by atoms with Gasteiger partial charge in [-0.15, -0.1) is 0 Å². The van der Waals surface area contributed by atoms with E-state index in [1.165, 1.54) is 50.5 Å². The Hall–Kier alpha value is -0.560. The van der Waals surface area contributed by atoms with Crippen molar-refractivity contribution in [1.82, 2.24) is 0 Å². The summed E-state index contributed by atoms with van der Waals surface area (Å²) >= 11 is 0. The standard InChI is InChI=1S/C16H27N/c1-12(2)5-3-6-13-9-10-15-14(11-13)7-4-8-16(15)17/h5,9,14-16H,3-4,6-8,10-11,17H2,1-2H3/t14?,15-,16?/m1/s1. The summed E-state index contributed by atoms with van der Waals surface area (Å²) in [7, 11) is 0. The van der Waals surface area contributed by atoms with Crippen molar-refractivity contribution < 1.29 is 0 Å². The maximum atomic E-state index is 6.24. The first kappa shape index (κ1) is 12.9. The maximum absolute atomic E-state index is 6.24. The van der Waals surface area contributed by atoms with Crippen molar-refractivity contribution in [3.63, 3.8) is 0 Å². The zero-order valence-corrected chi connectivity index (χ0v) is 11.4. The predicted molar refractivity (Wildman–Crippen MR) is 74.8 cm³/mol. The Kier molecular flexibility index (Phi) is 4.44. The zero-order valence-electron chi connectivity index (χ0n) is 11.4. The molecule has 1 saturated carbocycles. The molecule has 1 heteroatoms. The van der Waals surface area contributed by atoms with Crippen molar-refractivity contribution >= 4 is 0 Å². The van der Waals surface area contributed by atoms with Gasteiger partial charge in [0.25, 0.3) is 0 Å². The average molecular weight is 233 g/mol. The van der Waals surface area contributed by atoms with Crippen LogP contribution >= 0.6 is 0 Å². The zero-order chi connectivity index (χ0) is 12.3. The minimum atomic E-state index is 0.476. The van der Waals surface area contributed by atoms with Crippen LogP contribution in [-0.4, -0.2) is 6.04 Å². The minimum absolute atomic E-state index is 0.476. The summed E-state index contributed by atoms with van der Waals surface area (Å²) in [5.41, 5.74) is 9.37. The molecule has 2 N–H and O–H groups in total. The van der Waals surface area contributed by atoms with Crippen LogP contribution in [0.15, 0.2) is 23.3 Å². The van der Waals surface area contributed by atoms with Gasteiger partial charge in [-0.1, -0.05) is 29.7 Å². The molecule has 0 saturated heterocycles. The van der Waals surface area contributed by atoms with Gasteiger partial charge in [-0.05, 0) is 64.2 Å². The average Bonchev–Trinajstić information content (AvgIpc) is 2.29. The van der Waals surface area contributed by atoms with Crippen LogP contribution in [0.2, 0.25) is 0 Å². The summed E-state index contributed by atoms with van der Waals surface area (Å²) in [4.78, 5) is 0. The lowest BCUT2D eigenvalue weighted by Crippen LogP contribution is -2.39. The van der Waals surface area contributed by atoms with Gasteiger partial charge in [0.2, 0.25) is 0 Å². The SMILES string of the molecule is CC(C)=CCCC1=CC[C@H]2C(N)CCCC2C1. The lowest BCUT2D eigenvalue weighted by Gasteiger charge is -2.39. The monoisotopic (exact) mass is 233 g/mol. The molecule has 0 amide bonds. The van der Waals surface area contributed by atoms with Crippen molar-refractivity contribution in [3.8, 4) is 0 Å². The third-order valence-corrected chi connectivity index (χ3v) is 4.49. The topological polar surface area (TPSA) is 26.0 Å². The molecule has 0 bridgehead atoms. The van der Waals surface area contributed by atoms with E-state index in [9.17, 15) is 0 Å². The second-order valence-corrected chi connectivity index (χ2v) is 6.14. The van der Waals surface area contributed by atoms with Gasteiger partial charge in [0, 0.05) is 6.04 Å². The highest BCUT2D eigenvalue weighted by Gasteiger charge is 2.32. The van der Waals surface area contributed by atoms with Gasteiger partial charge in [-0.2, -0.15) is 0 Å². The molecule has 2 aliphatic rings. The predicted octanol–water partition coefficient (Wildman–Crippen LogP) is 4.20. The van der Waals surface area contributed by atoms with Gasteiger partial charge in [-0.3, -0.25) is 0 Å². The Bertz CT molecular complexity index is 309. The van der Waals surface area contributed by atoms with Crippen molar-refractivity contribution in [2.24, 2.45) is 17.6 Å². The molecular weight excluding hydrogens is 206 g/mol. The van der Waals surface area contributed by atoms with Gasteiger partial charge in [0.05, 0.1) is 0 Å². The van der Waals surface area contributed by atoms with Crippen LogP contribution in [0, 0.1) is 11.8 Å². The van der Waals surface area contributed by atoms with Gasteiger partial charge < -0.3 is 5.73 Å². The van der Waals surface area contributed by atoms with Crippen molar-refractivity contribution in [2.45, 2.75) is 64.8 Å². The highest BCUT2D eigenvalue weighted by atomic mass is 14.7. The Morgan fingerprint density at radius 3 is 3.00 bits per heavy atom. The van der Waals surface area contributed by atoms with Gasteiger partial charge in [0.1, 0.15) is 0 Å². The molecule has 0 radical (unpaired) electrons. The van der Waals surface area contributed by atoms with Crippen LogP contribution in [0.1, 0.15) is 58.8 Å². The molecule has 2 rings (SSSR count). The van der Waals surface area contributed by atoms with E-state index in [0.29, 0.717) is 6.04 Å². The van der Waals surface area contributed by atoms with Crippen LogP contribution in [0.25, 0.3) is 0 Å². The molecule has 2 aliphatic carbocycles. The Balaban J connectivity index is 1.88. The number of fused-ring (bicyclic) bond motifs is 1. The summed E-state index contributed by atoms with van der Waals surface area (Å²) in [6.45, 7) is 4.37. The third kappa shape index (κ3) is 3.45. The van der Waals surface area contributed by atoms with E-state index in [0.717, 1.165) is 11.8 Å². The van der Waals surface area contributed by atoms with Crippen molar-refractivity contribution in [2.75, 3.05) is 0 Å². The van der Waals surface area contributed by atoms with Crippen LogP contribution in [-0.2, 0) is 0 Å². The molecule has 1 fully saturated rings. The van der Waals surface area contributed by atoms with E-state index in [-0.39, 0.29) is 0 Å². The van der Waals surface area contributed by atoms with E-state index in [1.54, 1.807) is 5.57 Å². The maximum Gasteiger partial charge on any atom is 0.00728 e. The van der Waals surface area contributed by atoms with E-state index in [2.05, 4.69) is 26.0 Å². The smallest absolute Gasteiger partial charge is 0.00728 e. The molecule has 0 aliphatic heterocycles. The largest absolute Gasteiger partial charge is 0.327 e. The number of rotatable bonds is 3. The van der Waals surface area contributed by atoms with Gasteiger partial charge >= 0.3 is 0 Å². The third-order valence-electron chi connectivity index (χ3n) is 4.49. The quantitative estimate of drug-likeness (QED) is 0.726. The lowest BCUT2D eigenvalue weighted by molar-refractivity contribution is 0.193. The molecule has 0 aromatic carbocycles. The summed E-state index contributed by atoms with van der Waals surface area (Å²) in [6, 6.07) is 0.476. The molecule has 3 atom stereocenters. The Labute approximate surface area is 106 Å². The van der Waals surface area contributed by atoms with Gasteiger partial charge in [0.15, 0.2) is 0 Å². The fourth-order valence-electron chi connectivity index (χ4n) is 3.49. The lowest BCUT2D eigenvalue weighted by atomic mass is 9.68. The normalized spacial score (nSPS) is 32.6. The molecule has 0 aromatic rings. The molecule has 17 heavy (non-hydrogen) atoms. The summed E-state index contributed by atoms with van der Waals surface area (Å²) < 4.78 is 0. The van der Waals surface area contributed by atoms with Crippen LogP contribution in [0.4, 0.5) is 0 Å². The van der Waals surface area contributed by atoms with Crippen LogP contribution < -0.4 is 5.73 Å². The summed E-state index contributed by atoms with van der Waals surface area (Å²) in [5, 5.41) is 0. The first-order valence-corrected chi connectivity index (χ1v) is 7.23. The van der Waals surface area contributed by atoms with E-state index in [4.69, 9.17) is 5.73 Å². The number of hydrogen-bond donors (Lipinski definition) is 1. The number of allylic oxidation sites excluding steroid dienone is 4. The molecular formula is C16H27N.